The van der Waals surface area contributed by atoms with Gasteiger partial charge in [-0.3, -0.25) is 4.98 Å². The summed E-state index contributed by atoms with van der Waals surface area (Å²) in [5.74, 6) is 1.18. The molecule has 0 bridgehead atoms. The molecule has 0 saturated carbocycles. The minimum Gasteiger partial charge on any atom is -0.497 e. The van der Waals surface area contributed by atoms with Crippen molar-refractivity contribution in [2.75, 3.05) is 13.7 Å². The van der Waals surface area contributed by atoms with Crippen LogP contribution in [0.25, 0.3) is 11.3 Å². The van der Waals surface area contributed by atoms with Crippen LogP contribution in [0.3, 0.4) is 0 Å². The standard InChI is InChI=1S/C13H13ClN2O2/c1-3-18-13-8-15-7-12(16-13)9-4-10(14)6-11(5-9)17-2/h4-8H,3H2,1-2H3. The number of aromatic nitrogens is 2. The van der Waals surface area contributed by atoms with Crippen LogP contribution in [0.4, 0.5) is 0 Å². The minimum absolute atomic E-state index is 0.494. The van der Waals surface area contributed by atoms with Crippen molar-refractivity contribution in [2.45, 2.75) is 6.92 Å². The fourth-order valence-corrected chi connectivity index (χ4v) is 1.76. The Bertz CT molecular complexity index is 546. The molecule has 18 heavy (non-hydrogen) atoms. The fraction of sp³-hybridized carbons (Fsp3) is 0.231. The molecule has 0 radical (unpaired) electrons. The monoisotopic (exact) mass is 264 g/mol. The highest BCUT2D eigenvalue weighted by atomic mass is 35.5. The van der Waals surface area contributed by atoms with Gasteiger partial charge in [0.1, 0.15) is 5.75 Å². The lowest BCUT2D eigenvalue weighted by molar-refractivity contribution is 0.325. The number of hydrogen-bond donors (Lipinski definition) is 0. The Morgan fingerprint density at radius 3 is 2.78 bits per heavy atom. The molecule has 5 heteroatoms. The van der Waals surface area contributed by atoms with Crippen molar-refractivity contribution in [3.05, 3.63) is 35.6 Å². The van der Waals surface area contributed by atoms with E-state index in [0.29, 0.717) is 29.0 Å². The Balaban J connectivity index is 2.41. The second kappa shape index (κ2) is 5.69. The van der Waals surface area contributed by atoms with Crippen molar-refractivity contribution in [1.29, 1.82) is 0 Å². The average Bonchev–Trinajstić information content (AvgIpc) is 2.39. The number of halogens is 1. The highest BCUT2D eigenvalue weighted by molar-refractivity contribution is 6.31. The summed E-state index contributed by atoms with van der Waals surface area (Å²) in [7, 11) is 1.59. The van der Waals surface area contributed by atoms with Crippen LogP contribution in [-0.4, -0.2) is 23.7 Å². The third-order valence-corrected chi connectivity index (χ3v) is 2.53. The number of rotatable bonds is 4. The van der Waals surface area contributed by atoms with Gasteiger partial charge in [0, 0.05) is 10.6 Å². The predicted octanol–water partition coefficient (Wildman–Crippen LogP) is 3.20. The maximum atomic E-state index is 6.02. The van der Waals surface area contributed by atoms with E-state index in [0.717, 1.165) is 5.56 Å². The van der Waals surface area contributed by atoms with Gasteiger partial charge in [0.15, 0.2) is 0 Å². The highest BCUT2D eigenvalue weighted by Crippen LogP contribution is 2.27. The van der Waals surface area contributed by atoms with Gasteiger partial charge in [0.2, 0.25) is 5.88 Å². The number of benzene rings is 1. The maximum Gasteiger partial charge on any atom is 0.232 e. The highest BCUT2D eigenvalue weighted by Gasteiger charge is 2.06. The van der Waals surface area contributed by atoms with E-state index in [2.05, 4.69) is 9.97 Å². The first-order chi connectivity index (χ1) is 8.72. The lowest BCUT2D eigenvalue weighted by Crippen LogP contribution is -1.96. The van der Waals surface area contributed by atoms with Gasteiger partial charge in [0.05, 0.1) is 31.8 Å². The lowest BCUT2D eigenvalue weighted by Gasteiger charge is -2.07. The molecule has 94 valence electrons. The Labute approximate surface area is 111 Å². The van der Waals surface area contributed by atoms with E-state index in [1.165, 1.54) is 0 Å². The number of ether oxygens (including phenoxy) is 2. The normalized spacial score (nSPS) is 10.2. The first kappa shape index (κ1) is 12.6. The van der Waals surface area contributed by atoms with Crippen molar-refractivity contribution in [2.24, 2.45) is 0 Å². The van der Waals surface area contributed by atoms with Gasteiger partial charge in [0.25, 0.3) is 0 Å². The molecule has 4 nitrogen and oxygen atoms in total. The van der Waals surface area contributed by atoms with Crippen molar-refractivity contribution >= 4 is 11.6 Å². The Kier molecular flexibility index (Phi) is 3.99. The molecule has 2 aromatic rings. The molecule has 0 saturated heterocycles. The van der Waals surface area contributed by atoms with Gasteiger partial charge >= 0.3 is 0 Å². The van der Waals surface area contributed by atoms with E-state index in [4.69, 9.17) is 21.1 Å². The summed E-state index contributed by atoms with van der Waals surface area (Å²) in [6.07, 6.45) is 3.24. The van der Waals surface area contributed by atoms with Crippen LogP contribution in [0, 0.1) is 0 Å². The van der Waals surface area contributed by atoms with Crippen LogP contribution >= 0.6 is 11.6 Å². The van der Waals surface area contributed by atoms with E-state index in [1.54, 1.807) is 25.6 Å². The van der Waals surface area contributed by atoms with Gasteiger partial charge in [-0.1, -0.05) is 11.6 Å². The van der Waals surface area contributed by atoms with E-state index in [1.807, 2.05) is 19.1 Å². The van der Waals surface area contributed by atoms with Crippen molar-refractivity contribution in [3.63, 3.8) is 0 Å². The van der Waals surface area contributed by atoms with Crippen LogP contribution in [0.15, 0.2) is 30.6 Å². The molecule has 0 amide bonds. The van der Waals surface area contributed by atoms with Gasteiger partial charge in [-0.2, -0.15) is 0 Å². The van der Waals surface area contributed by atoms with Crippen LogP contribution in [0.1, 0.15) is 6.92 Å². The third kappa shape index (κ3) is 2.90. The number of hydrogen-bond acceptors (Lipinski definition) is 4. The molecular formula is C13H13ClN2O2. The first-order valence-electron chi connectivity index (χ1n) is 5.52. The van der Waals surface area contributed by atoms with Crippen LogP contribution in [0.2, 0.25) is 5.02 Å². The van der Waals surface area contributed by atoms with Crippen LogP contribution < -0.4 is 9.47 Å². The largest absolute Gasteiger partial charge is 0.497 e. The Hall–Kier alpha value is -1.81. The second-order valence-corrected chi connectivity index (χ2v) is 3.99. The number of nitrogens with zero attached hydrogens (tertiary/aromatic N) is 2. The Morgan fingerprint density at radius 1 is 1.22 bits per heavy atom. The summed E-state index contributed by atoms with van der Waals surface area (Å²) in [4.78, 5) is 8.44. The second-order valence-electron chi connectivity index (χ2n) is 3.56. The molecule has 0 aliphatic heterocycles. The van der Waals surface area contributed by atoms with E-state index in [9.17, 15) is 0 Å². The Morgan fingerprint density at radius 2 is 2.06 bits per heavy atom. The zero-order valence-electron chi connectivity index (χ0n) is 10.2. The molecule has 1 heterocycles. The quantitative estimate of drug-likeness (QED) is 0.851. The molecule has 0 atom stereocenters. The zero-order chi connectivity index (χ0) is 13.0. The molecular weight excluding hydrogens is 252 g/mol. The molecule has 0 N–H and O–H groups in total. The van der Waals surface area contributed by atoms with E-state index in [-0.39, 0.29) is 0 Å². The van der Waals surface area contributed by atoms with Gasteiger partial charge in [-0.25, -0.2) is 4.98 Å². The predicted molar refractivity (Wildman–Crippen MR) is 70.2 cm³/mol. The van der Waals surface area contributed by atoms with Crippen molar-refractivity contribution < 1.29 is 9.47 Å². The third-order valence-electron chi connectivity index (χ3n) is 2.31. The number of methoxy groups -OCH3 is 1. The maximum absolute atomic E-state index is 6.02. The van der Waals surface area contributed by atoms with E-state index >= 15 is 0 Å². The average molecular weight is 265 g/mol. The summed E-state index contributed by atoms with van der Waals surface area (Å²) < 4.78 is 10.5. The summed E-state index contributed by atoms with van der Waals surface area (Å²) in [5, 5.41) is 0.591. The van der Waals surface area contributed by atoms with Crippen molar-refractivity contribution in [1.82, 2.24) is 9.97 Å². The van der Waals surface area contributed by atoms with Crippen LogP contribution in [0.5, 0.6) is 11.6 Å². The smallest absolute Gasteiger partial charge is 0.232 e. The zero-order valence-corrected chi connectivity index (χ0v) is 10.9. The summed E-state index contributed by atoms with van der Waals surface area (Å²) >= 11 is 6.02. The molecule has 0 fully saturated rings. The molecule has 0 spiro atoms. The van der Waals surface area contributed by atoms with Crippen LogP contribution in [-0.2, 0) is 0 Å². The fourth-order valence-electron chi connectivity index (χ4n) is 1.53. The van der Waals surface area contributed by atoms with Gasteiger partial charge < -0.3 is 9.47 Å². The molecule has 1 aromatic heterocycles. The summed E-state index contributed by atoms with van der Waals surface area (Å²) in [6, 6.07) is 5.40. The van der Waals surface area contributed by atoms with Gasteiger partial charge in [-0.05, 0) is 25.1 Å². The SMILES string of the molecule is CCOc1cncc(-c2cc(Cl)cc(OC)c2)n1. The minimum atomic E-state index is 0.494. The first-order valence-corrected chi connectivity index (χ1v) is 5.90. The molecule has 0 unspecified atom stereocenters. The van der Waals surface area contributed by atoms with Crippen molar-refractivity contribution in [3.8, 4) is 22.9 Å². The van der Waals surface area contributed by atoms with Gasteiger partial charge in [-0.15, -0.1) is 0 Å². The molecule has 0 aliphatic rings. The molecule has 2 rings (SSSR count). The summed E-state index contributed by atoms with van der Waals surface area (Å²) in [6.45, 7) is 2.45. The summed E-state index contributed by atoms with van der Waals surface area (Å²) in [5.41, 5.74) is 1.54. The molecule has 1 aromatic carbocycles. The lowest BCUT2D eigenvalue weighted by atomic mass is 10.1. The topological polar surface area (TPSA) is 44.2 Å². The van der Waals surface area contributed by atoms with E-state index < -0.39 is 0 Å². The molecule has 0 aliphatic carbocycles.